The fourth-order valence-electron chi connectivity index (χ4n) is 3.27. The Balaban J connectivity index is 1.35. The van der Waals surface area contributed by atoms with E-state index in [1.165, 1.54) is 0 Å². The number of nitrogens with one attached hydrogen (secondary N) is 2. The number of imide groups is 1. The van der Waals surface area contributed by atoms with Crippen LogP contribution in [0, 0.1) is 10.5 Å². The number of carbonyl (C=O) groups is 3. The standard InChI is InChI=1S/C26H22IN3O4/c1-17-2-10-21(11-3-17)28-24(31)15-30-25(32)23(29-26(30)33)14-18-6-12-22(13-7-18)34-16-19-4-8-20(27)9-5-19/h2-14H,15-16H2,1H3,(H,28,31)(H,29,33)/b23-14+. The van der Waals surface area contributed by atoms with Gasteiger partial charge in [0, 0.05) is 9.26 Å². The number of nitrogens with zero attached hydrogens (tertiary/aromatic N) is 1. The van der Waals surface area contributed by atoms with Crippen LogP contribution in [0.15, 0.2) is 78.5 Å². The third kappa shape index (κ3) is 6.02. The molecule has 0 aromatic heterocycles. The van der Waals surface area contributed by atoms with Crippen molar-refractivity contribution < 1.29 is 19.1 Å². The molecule has 4 rings (SSSR count). The summed E-state index contributed by atoms with van der Waals surface area (Å²) in [5, 5.41) is 5.22. The van der Waals surface area contributed by atoms with E-state index < -0.39 is 17.8 Å². The van der Waals surface area contributed by atoms with E-state index in [2.05, 4.69) is 33.2 Å². The van der Waals surface area contributed by atoms with Gasteiger partial charge < -0.3 is 15.4 Å². The van der Waals surface area contributed by atoms with E-state index in [9.17, 15) is 14.4 Å². The van der Waals surface area contributed by atoms with Gasteiger partial charge in [0.2, 0.25) is 5.91 Å². The molecule has 2 N–H and O–H groups in total. The zero-order valence-corrected chi connectivity index (χ0v) is 20.5. The zero-order valence-electron chi connectivity index (χ0n) is 18.4. The lowest BCUT2D eigenvalue weighted by atomic mass is 10.2. The number of benzene rings is 3. The van der Waals surface area contributed by atoms with E-state index in [0.717, 1.165) is 25.2 Å². The van der Waals surface area contributed by atoms with Gasteiger partial charge in [-0.1, -0.05) is 42.0 Å². The Morgan fingerprint density at radius 1 is 1.00 bits per heavy atom. The molecule has 0 atom stereocenters. The van der Waals surface area contributed by atoms with Crippen LogP contribution in [0.25, 0.3) is 6.08 Å². The SMILES string of the molecule is Cc1ccc(NC(=O)CN2C(=O)N/C(=C/c3ccc(OCc4ccc(I)cc4)cc3)C2=O)cc1. The van der Waals surface area contributed by atoms with Crippen molar-refractivity contribution in [2.45, 2.75) is 13.5 Å². The van der Waals surface area contributed by atoms with Crippen molar-refractivity contribution in [3.05, 3.63) is 98.8 Å². The molecule has 8 heteroatoms. The molecular formula is C26H22IN3O4. The average Bonchev–Trinajstić information content (AvgIpc) is 3.08. The molecule has 7 nitrogen and oxygen atoms in total. The van der Waals surface area contributed by atoms with Gasteiger partial charge in [0.25, 0.3) is 5.91 Å². The Hall–Kier alpha value is -3.66. The molecule has 3 aromatic carbocycles. The van der Waals surface area contributed by atoms with Crippen LogP contribution >= 0.6 is 22.6 Å². The van der Waals surface area contributed by atoms with Crippen molar-refractivity contribution in [1.82, 2.24) is 10.2 Å². The Labute approximate surface area is 210 Å². The van der Waals surface area contributed by atoms with Crippen molar-refractivity contribution in [2.75, 3.05) is 11.9 Å². The average molecular weight is 567 g/mol. The summed E-state index contributed by atoms with van der Waals surface area (Å²) >= 11 is 2.26. The highest BCUT2D eigenvalue weighted by molar-refractivity contribution is 14.1. The summed E-state index contributed by atoms with van der Waals surface area (Å²) in [5.74, 6) is -0.316. The predicted octanol–water partition coefficient (Wildman–Crippen LogP) is 4.71. The lowest BCUT2D eigenvalue weighted by Gasteiger charge is -2.12. The fraction of sp³-hybridized carbons (Fsp3) is 0.115. The second-order valence-electron chi connectivity index (χ2n) is 7.78. The van der Waals surface area contributed by atoms with Crippen molar-refractivity contribution in [3.8, 4) is 5.75 Å². The molecule has 1 saturated heterocycles. The maximum Gasteiger partial charge on any atom is 0.329 e. The lowest BCUT2D eigenvalue weighted by molar-refractivity contribution is -0.127. The summed E-state index contributed by atoms with van der Waals surface area (Å²) in [6.45, 7) is 2.02. The maximum atomic E-state index is 12.7. The third-order valence-corrected chi connectivity index (χ3v) is 5.83. The van der Waals surface area contributed by atoms with Crippen LogP contribution in [0.3, 0.4) is 0 Å². The minimum Gasteiger partial charge on any atom is -0.489 e. The monoisotopic (exact) mass is 567 g/mol. The van der Waals surface area contributed by atoms with Gasteiger partial charge in [-0.25, -0.2) is 9.69 Å². The number of rotatable bonds is 7. The van der Waals surface area contributed by atoms with E-state index >= 15 is 0 Å². The molecule has 1 aliphatic rings. The van der Waals surface area contributed by atoms with E-state index in [0.29, 0.717) is 18.0 Å². The number of ether oxygens (including phenoxy) is 1. The molecule has 1 aliphatic heterocycles. The van der Waals surface area contributed by atoms with Crippen LogP contribution in [0.4, 0.5) is 10.5 Å². The van der Waals surface area contributed by atoms with Gasteiger partial charge in [-0.2, -0.15) is 0 Å². The number of anilines is 1. The summed E-state index contributed by atoms with van der Waals surface area (Å²) in [7, 11) is 0. The van der Waals surface area contributed by atoms with Gasteiger partial charge >= 0.3 is 6.03 Å². The molecule has 1 heterocycles. The van der Waals surface area contributed by atoms with E-state index in [1.54, 1.807) is 42.5 Å². The first kappa shape index (κ1) is 23.5. The fourth-order valence-corrected chi connectivity index (χ4v) is 3.63. The number of amides is 4. The third-order valence-electron chi connectivity index (χ3n) is 5.11. The highest BCUT2D eigenvalue weighted by atomic mass is 127. The molecule has 0 unspecified atom stereocenters. The minimum atomic E-state index is -0.632. The first-order valence-corrected chi connectivity index (χ1v) is 11.6. The van der Waals surface area contributed by atoms with Crippen LogP contribution in [-0.4, -0.2) is 29.3 Å². The van der Waals surface area contributed by atoms with Crippen LogP contribution < -0.4 is 15.4 Å². The van der Waals surface area contributed by atoms with Crippen LogP contribution in [0.1, 0.15) is 16.7 Å². The second kappa shape index (κ2) is 10.5. The first-order chi connectivity index (χ1) is 16.4. The Bertz CT molecular complexity index is 1240. The second-order valence-corrected chi connectivity index (χ2v) is 9.02. The van der Waals surface area contributed by atoms with Crippen molar-refractivity contribution in [2.24, 2.45) is 0 Å². The van der Waals surface area contributed by atoms with E-state index in [-0.39, 0.29) is 12.2 Å². The topological polar surface area (TPSA) is 87.7 Å². The Kier molecular flexibility index (Phi) is 7.27. The number of urea groups is 1. The van der Waals surface area contributed by atoms with Crippen molar-refractivity contribution >= 4 is 52.2 Å². The van der Waals surface area contributed by atoms with Gasteiger partial charge in [-0.05, 0) is 83.1 Å². The molecular weight excluding hydrogens is 545 g/mol. The molecule has 4 amide bonds. The van der Waals surface area contributed by atoms with Gasteiger partial charge in [-0.15, -0.1) is 0 Å². The minimum absolute atomic E-state index is 0.112. The molecule has 1 fully saturated rings. The summed E-state index contributed by atoms with van der Waals surface area (Å²) in [6.07, 6.45) is 1.57. The Morgan fingerprint density at radius 3 is 2.35 bits per heavy atom. The Morgan fingerprint density at radius 2 is 1.68 bits per heavy atom. The summed E-state index contributed by atoms with van der Waals surface area (Å²) in [6, 6.07) is 21.9. The highest BCUT2D eigenvalue weighted by Gasteiger charge is 2.34. The highest BCUT2D eigenvalue weighted by Crippen LogP contribution is 2.19. The summed E-state index contributed by atoms with van der Waals surface area (Å²) in [5.41, 5.74) is 3.56. The van der Waals surface area contributed by atoms with Gasteiger partial charge in [0.05, 0.1) is 0 Å². The maximum absolute atomic E-state index is 12.7. The molecule has 3 aromatic rings. The molecule has 0 radical (unpaired) electrons. The molecule has 34 heavy (non-hydrogen) atoms. The summed E-state index contributed by atoms with van der Waals surface area (Å²) < 4.78 is 6.96. The number of halogens is 1. The van der Waals surface area contributed by atoms with Crippen LogP contribution in [0.5, 0.6) is 5.75 Å². The van der Waals surface area contributed by atoms with Gasteiger partial charge in [-0.3, -0.25) is 9.59 Å². The number of hydrogen-bond acceptors (Lipinski definition) is 4. The first-order valence-electron chi connectivity index (χ1n) is 10.6. The molecule has 0 saturated carbocycles. The van der Waals surface area contributed by atoms with Crippen LogP contribution in [0.2, 0.25) is 0 Å². The van der Waals surface area contributed by atoms with Crippen molar-refractivity contribution in [3.63, 3.8) is 0 Å². The predicted molar refractivity (Wildman–Crippen MR) is 138 cm³/mol. The number of aryl methyl sites for hydroxylation is 1. The van der Waals surface area contributed by atoms with Crippen molar-refractivity contribution in [1.29, 1.82) is 0 Å². The van der Waals surface area contributed by atoms with Crippen LogP contribution in [-0.2, 0) is 16.2 Å². The largest absolute Gasteiger partial charge is 0.489 e. The molecule has 0 aliphatic carbocycles. The van der Waals surface area contributed by atoms with E-state index in [1.807, 2.05) is 43.3 Å². The quantitative estimate of drug-likeness (QED) is 0.246. The normalized spacial score (nSPS) is 14.3. The summed E-state index contributed by atoms with van der Waals surface area (Å²) in [4.78, 5) is 38.1. The van der Waals surface area contributed by atoms with E-state index in [4.69, 9.17) is 4.74 Å². The van der Waals surface area contributed by atoms with Gasteiger partial charge in [0.15, 0.2) is 0 Å². The molecule has 0 bridgehead atoms. The smallest absolute Gasteiger partial charge is 0.329 e. The number of carbonyl (C=O) groups excluding carboxylic acids is 3. The molecule has 0 spiro atoms. The number of hydrogen-bond donors (Lipinski definition) is 2. The lowest BCUT2D eigenvalue weighted by Crippen LogP contribution is -2.38. The molecule has 172 valence electrons. The van der Waals surface area contributed by atoms with Gasteiger partial charge in [0.1, 0.15) is 24.6 Å². The zero-order chi connectivity index (χ0) is 24.1.